The smallest absolute Gasteiger partial charge is 0.337 e. The second-order valence-corrected chi connectivity index (χ2v) is 5.32. The molecule has 1 amide bonds. The van der Waals surface area contributed by atoms with Gasteiger partial charge in [-0.1, -0.05) is 11.6 Å². The van der Waals surface area contributed by atoms with Crippen LogP contribution in [0.3, 0.4) is 0 Å². The Hall–Kier alpha value is -2.63. The van der Waals surface area contributed by atoms with Crippen molar-refractivity contribution in [3.8, 4) is 0 Å². The van der Waals surface area contributed by atoms with E-state index in [1.807, 2.05) is 27.1 Å². The van der Waals surface area contributed by atoms with Gasteiger partial charge < -0.3 is 10.4 Å². The molecule has 0 fully saturated rings. The first-order valence-corrected chi connectivity index (χ1v) is 6.99. The van der Waals surface area contributed by atoms with Gasteiger partial charge in [0.25, 0.3) is 0 Å². The Kier molecular flexibility index (Phi) is 4.60. The molecule has 0 aliphatic heterocycles. The van der Waals surface area contributed by atoms with E-state index in [9.17, 15) is 14.7 Å². The summed E-state index contributed by atoms with van der Waals surface area (Å²) in [7, 11) is 1.84. The molecular formula is C16H19N3O3. The highest BCUT2D eigenvalue weighted by Crippen LogP contribution is 2.18. The molecule has 0 radical (unpaired) electrons. The second-order valence-electron chi connectivity index (χ2n) is 5.32. The number of hydrogen-bond acceptors (Lipinski definition) is 3. The molecule has 6 heteroatoms. The standard InChI is InChI=1S/C16H19N3O3/c1-10-4-6-14(13(8-10)16(21)22)17-15(20)7-5-12-9-19(3)18-11(12)2/h4,6,8-9H,5,7H2,1-3H3,(H,17,20)(H,21,22). The van der Waals surface area contributed by atoms with E-state index in [1.54, 1.807) is 22.9 Å². The molecule has 0 bridgehead atoms. The van der Waals surface area contributed by atoms with Crippen molar-refractivity contribution in [1.29, 1.82) is 0 Å². The van der Waals surface area contributed by atoms with E-state index in [2.05, 4.69) is 10.4 Å². The summed E-state index contributed by atoms with van der Waals surface area (Å²) < 4.78 is 1.71. The monoisotopic (exact) mass is 301 g/mol. The SMILES string of the molecule is Cc1ccc(NC(=O)CCc2cn(C)nc2C)c(C(=O)O)c1. The van der Waals surface area contributed by atoms with Gasteiger partial charge in [-0.3, -0.25) is 9.48 Å². The summed E-state index contributed by atoms with van der Waals surface area (Å²) in [5.74, 6) is -1.27. The van der Waals surface area contributed by atoms with E-state index in [-0.39, 0.29) is 17.9 Å². The summed E-state index contributed by atoms with van der Waals surface area (Å²) in [4.78, 5) is 23.3. The summed E-state index contributed by atoms with van der Waals surface area (Å²) >= 11 is 0. The van der Waals surface area contributed by atoms with Crippen LogP contribution >= 0.6 is 0 Å². The van der Waals surface area contributed by atoms with Crippen LogP contribution < -0.4 is 5.32 Å². The first-order chi connectivity index (χ1) is 10.4. The van der Waals surface area contributed by atoms with Crippen LogP contribution in [0.2, 0.25) is 0 Å². The number of aromatic nitrogens is 2. The van der Waals surface area contributed by atoms with Crippen LogP contribution in [-0.4, -0.2) is 26.8 Å². The molecule has 0 aliphatic rings. The van der Waals surface area contributed by atoms with Crippen molar-refractivity contribution in [1.82, 2.24) is 9.78 Å². The van der Waals surface area contributed by atoms with Crippen molar-refractivity contribution in [2.75, 3.05) is 5.32 Å². The molecule has 1 heterocycles. The minimum atomic E-state index is -1.05. The second kappa shape index (κ2) is 6.43. The largest absolute Gasteiger partial charge is 0.478 e. The molecule has 0 unspecified atom stereocenters. The Morgan fingerprint density at radius 2 is 2.05 bits per heavy atom. The lowest BCUT2D eigenvalue weighted by molar-refractivity contribution is -0.116. The maximum atomic E-state index is 12.0. The minimum absolute atomic E-state index is 0.103. The average molecular weight is 301 g/mol. The average Bonchev–Trinajstić information content (AvgIpc) is 2.76. The number of benzene rings is 1. The molecule has 1 aromatic heterocycles. The molecule has 2 rings (SSSR count). The van der Waals surface area contributed by atoms with Gasteiger partial charge in [-0.05, 0) is 38.0 Å². The highest BCUT2D eigenvalue weighted by molar-refractivity contribution is 6.00. The van der Waals surface area contributed by atoms with Gasteiger partial charge in [0, 0.05) is 19.7 Å². The minimum Gasteiger partial charge on any atom is -0.478 e. The molecule has 0 aliphatic carbocycles. The third-order valence-electron chi connectivity index (χ3n) is 3.42. The summed E-state index contributed by atoms with van der Waals surface area (Å²) in [6.45, 7) is 3.71. The number of carboxylic acids is 1. The van der Waals surface area contributed by atoms with Gasteiger partial charge in [0.2, 0.25) is 5.91 Å². The Morgan fingerprint density at radius 3 is 2.64 bits per heavy atom. The number of anilines is 1. The van der Waals surface area contributed by atoms with Gasteiger partial charge in [0.1, 0.15) is 0 Å². The number of aromatic carboxylic acids is 1. The molecule has 22 heavy (non-hydrogen) atoms. The molecule has 0 spiro atoms. The van der Waals surface area contributed by atoms with Gasteiger partial charge in [-0.15, -0.1) is 0 Å². The maximum absolute atomic E-state index is 12.0. The van der Waals surface area contributed by atoms with E-state index < -0.39 is 5.97 Å². The van der Waals surface area contributed by atoms with E-state index >= 15 is 0 Å². The summed E-state index contributed by atoms with van der Waals surface area (Å²) in [5.41, 5.74) is 3.18. The Morgan fingerprint density at radius 1 is 1.32 bits per heavy atom. The zero-order valence-electron chi connectivity index (χ0n) is 12.9. The molecule has 116 valence electrons. The Bertz CT molecular complexity index is 719. The lowest BCUT2D eigenvalue weighted by atomic mass is 10.1. The molecule has 0 saturated carbocycles. The number of aryl methyl sites for hydroxylation is 4. The molecule has 2 aromatic rings. The topological polar surface area (TPSA) is 84.2 Å². The molecule has 6 nitrogen and oxygen atoms in total. The van der Waals surface area contributed by atoms with Crippen LogP contribution in [0, 0.1) is 13.8 Å². The molecule has 2 N–H and O–H groups in total. The fourth-order valence-corrected chi connectivity index (χ4v) is 2.30. The number of nitrogens with zero attached hydrogens (tertiary/aromatic N) is 2. The Balaban J connectivity index is 2.03. The van der Waals surface area contributed by atoms with Crippen LogP contribution in [0.25, 0.3) is 0 Å². The van der Waals surface area contributed by atoms with Crippen molar-refractivity contribution >= 4 is 17.6 Å². The normalized spacial score (nSPS) is 10.5. The van der Waals surface area contributed by atoms with Crippen molar-refractivity contribution in [2.45, 2.75) is 26.7 Å². The van der Waals surface area contributed by atoms with E-state index in [0.29, 0.717) is 12.1 Å². The van der Waals surface area contributed by atoms with Gasteiger partial charge in [-0.2, -0.15) is 5.10 Å². The van der Waals surface area contributed by atoms with Crippen LogP contribution in [0.15, 0.2) is 24.4 Å². The maximum Gasteiger partial charge on any atom is 0.337 e. The zero-order valence-corrected chi connectivity index (χ0v) is 12.9. The number of carbonyl (C=O) groups excluding carboxylic acids is 1. The predicted octanol–water partition coefficient (Wildman–Crippen LogP) is 2.31. The van der Waals surface area contributed by atoms with Gasteiger partial charge >= 0.3 is 5.97 Å². The lowest BCUT2D eigenvalue weighted by Gasteiger charge is -2.09. The first kappa shape index (κ1) is 15.8. The number of carboxylic acid groups (broad SMARTS) is 1. The fraction of sp³-hybridized carbons (Fsp3) is 0.312. The highest BCUT2D eigenvalue weighted by Gasteiger charge is 2.13. The third-order valence-corrected chi connectivity index (χ3v) is 3.42. The summed E-state index contributed by atoms with van der Waals surface area (Å²) in [6, 6.07) is 4.93. The summed E-state index contributed by atoms with van der Waals surface area (Å²) in [5, 5.41) is 16.1. The molecular weight excluding hydrogens is 282 g/mol. The Labute approximate surface area is 128 Å². The lowest BCUT2D eigenvalue weighted by Crippen LogP contribution is -2.15. The molecule has 0 atom stereocenters. The zero-order chi connectivity index (χ0) is 16.3. The van der Waals surface area contributed by atoms with Gasteiger partial charge in [0.05, 0.1) is 16.9 Å². The fourth-order valence-electron chi connectivity index (χ4n) is 2.30. The van der Waals surface area contributed by atoms with Crippen molar-refractivity contribution in [3.63, 3.8) is 0 Å². The van der Waals surface area contributed by atoms with E-state index in [4.69, 9.17) is 0 Å². The van der Waals surface area contributed by atoms with E-state index in [1.165, 1.54) is 0 Å². The predicted molar refractivity (Wildman–Crippen MR) is 83.0 cm³/mol. The van der Waals surface area contributed by atoms with Crippen molar-refractivity contribution in [3.05, 3.63) is 46.8 Å². The van der Waals surface area contributed by atoms with Crippen LogP contribution in [0.1, 0.15) is 33.6 Å². The van der Waals surface area contributed by atoms with E-state index in [0.717, 1.165) is 16.8 Å². The van der Waals surface area contributed by atoms with Crippen LogP contribution in [-0.2, 0) is 18.3 Å². The van der Waals surface area contributed by atoms with Crippen molar-refractivity contribution < 1.29 is 14.7 Å². The summed E-state index contributed by atoms with van der Waals surface area (Å²) in [6.07, 6.45) is 2.73. The number of amides is 1. The van der Waals surface area contributed by atoms with Crippen molar-refractivity contribution in [2.24, 2.45) is 7.05 Å². The number of rotatable bonds is 5. The number of hydrogen-bond donors (Lipinski definition) is 2. The molecule has 0 saturated heterocycles. The van der Waals surface area contributed by atoms with Crippen LogP contribution in [0.5, 0.6) is 0 Å². The highest BCUT2D eigenvalue weighted by atomic mass is 16.4. The molecule has 1 aromatic carbocycles. The number of carbonyl (C=O) groups is 2. The quantitative estimate of drug-likeness (QED) is 0.887. The third kappa shape index (κ3) is 3.72. The van der Waals surface area contributed by atoms with Gasteiger partial charge in [-0.25, -0.2) is 4.79 Å². The van der Waals surface area contributed by atoms with Crippen LogP contribution in [0.4, 0.5) is 5.69 Å². The van der Waals surface area contributed by atoms with Gasteiger partial charge in [0.15, 0.2) is 0 Å². The number of nitrogens with one attached hydrogen (secondary N) is 1. The first-order valence-electron chi connectivity index (χ1n) is 6.99.